The molecule has 0 aromatic heterocycles. The number of unbranched alkanes of at least 4 members (excludes halogenated alkanes) is 2. The molecule has 0 spiro atoms. The predicted octanol–water partition coefficient (Wildman–Crippen LogP) is 4.90. The lowest BCUT2D eigenvalue weighted by Gasteiger charge is -2.33. The van der Waals surface area contributed by atoms with Crippen LogP contribution in [0.25, 0.3) is 0 Å². The van der Waals surface area contributed by atoms with Crippen LogP contribution in [0.5, 0.6) is 0 Å². The van der Waals surface area contributed by atoms with E-state index in [2.05, 4.69) is 38.4 Å². The van der Waals surface area contributed by atoms with Crippen molar-refractivity contribution in [2.24, 2.45) is 0 Å². The molecule has 18 heavy (non-hydrogen) atoms. The average Bonchev–Trinajstić information content (AvgIpc) is 2.72. The van der Waals surface area contributed by atoms with Crippen LogP contribution in [0.4, 0.5) is 0 Å². The minimum Gasteiger partial charge on any atom is -0.401 e. The molecule has 0 aliphatic heterocycles. The zero-order valence-corrected chi connectivity index (χ0v) is 13.3. The van der Waals surface area contributed by atoms with Crippen molar-refractivity contribution < 1.29 is 4.43 Å². The van der Waals surface area contributed by atoms with E-state index in [4.69, 9.17) is 4.43 Å². The molecule has 0 bridgehead atoms. The summed E-state index contributed by atoms with van der Waals surface area (Å²) in [6, 6.07) is 1.02. The van der Waals surface area contributed by atoms with Crippen molar-refractivity contribution in [3.63, 3.8) is 0 Å². The summed E-state index contributed by atoms with van der Waals surface area (Å²) in [6.07, 6.45) is 10.2. The van der Waals surface area contributed by atoms with Crippen molar-refractivity contribution in [2.45, 2.75) is 76.6 Å². The fourth-order valence-corrected chi connectivity index (χ4v) is 4.70. The quantitative estimate of drug-likeness (QED) is 0.287. The van der Waals surface area contributed by atoms with Gasteiger partial charge < -0.3 is 4.43 Å². The van der Waals surface area contributed by atoms with E-state index in [0.29, 0.717) is 0 Å². The Morgan fingerprint density at radius 1 is 1.33 bits per heavy atom. The highest BCUT2D eigenvalue weighted by molar-refractivity contribution is 6.71. The van der Waals surface area contributed by atoms with Crippen LogP contribution >= 0.6 is 0 Å². The second kappa shape index (κ2) is 7.16. The molecule has 1 saturated carbocycles. The molecule has 1 nitrogen and oxygen atoms in total. The molecule has 0 atom stereocenters. The Morgan fingerprint density at radius 3 is 2.56 bits per heavy atom. The van der Waals surface area contributed by atoms with Gasteiger partial charge in [-0.3, -0.25) is 0 Å². The second-order valence-electron chi connectivity index (χ2n) is 5.96. The molecule has 1 aliphatic carbocycles. The number of hydrogen-bond acceptors (Lipinski definition) is 1. The minimum atomic E-state index is -1.63. The summed E-state index contributed by atoms with van der Waals surface area (Å²) in [7, 11) is -1.63. The van der Waals surface area contributed by atoms with Crippen LogP contribution in [-0.2, 0) is 4.43 Å². The first-order chi connectivity index (χ1) is 8.54. The Balaban J connectivity index is 2.67. The number of rotatable bonds is 6. The molecule has 102 valence electrons. The van der Waals surface area contributed by atoms with Crippen LogP contribution in [-0.4, -0.2) is 13.9 Å². The van der Waals surface area contributed by atoms with E-state index in [-0.39, 0.29) is 5.60 Å². The summed E-state index contributed by atoms with van der Waals surface area (Å²) in [5.41, 5.74) is -0.119. The van der Waals surface area contributed by atoms with Crippen LogP contribution in [0.3, 0.4) is 0 Å². The SMILES string of the molecule is C=CC[Si](C)(C)OC1(C#CCCCC)CCCC1. The topological polar surface area (TPSA) is 9.23 Å². The largest absolute Gasteiger partial charge is 0.401 e. The van der Waals surface area contributed by atoms with Gasteiger partial charge in [0.15, 0.2) is 8.32 Å². The van der Waals surface area contributed by atoms with E-state index in [9.17, 15) is 0 Å². The fraction of sp³-hybridized carbons (Fsp3) is 0.750. The molecule has 0 aromatic carbocycles. The molecule has 0 heterocycles. The van der Waals surface area contributed by atoms with Gasteiger partial charge in [0.05, 0.1) is 0 Å². The van der Waals surface area contributed by atoms with E-state index in [1.54, 1.807) is 0 Å². The lowest BCUT2D eigenvalue weighted by Crippen LogP contribution is -2.41. The van der Waals surface area contributed by atoms with E-state index in [1.807, 2.05) is 6.08 Å². The highest BCUT2D eigenvalue weighted by atomic mass is 28.4. The Kier molecular flexibility index (Phi) is 6.18. The Morgan fingerprint density at radius 2 is 2.00 bits per heavy atom. The van der Waals surface area contributed by atoms with Gasteiger partial charge in [0.25, 0.3) is 0 Å². The van der Waals surface area contributed by atoms with Gasteiger partial charge in [-0.1, -0.05) is 25.3 Å². The van der Waals surface area contributed by atoms with Gasteiger partial charge in [-0.2, -0.15) is 0 Å². The maximum absolute atomic E-state index is 6.50. The van der Waals surface area contributed by atoms with E-state index in [1.165, 1.54) is 25.7 Å². The van der Waals surface area contributed by atoms with Gasteiger partial charge in [0, 0.05) is 6.42 Å². The molecule has 0 radical (unpaired) electrons. The molecule has 1 rings (SSSR count). The first kappa shape index (κ1) is 15.5. The van der Waals surface area contributed by atoms with Gasteiger partial charge in [0.1, 0.15) is 5.60 Å². The first-order valence-electron chi connectivity index (χ1n) is 7.35. The third kappa shape index (κ3) is 5.00. The first-order valence-corrected chi connectivity index (χ1v) is 10.5. The van der Waals surface area contributed by atoms with Gasteiger partial charge in [0.2, 0.25) is 0 Å². The maximum atomic E-state index is 6.50. The van der Waals surface area contributed by atoms with Gasteiger partial charge in [-0.25, -0.2) is 0 Å². The maximum Gasteiger partial charge on any atom is 0.192 e. The summed E-state index contributed by atoms with van der Waals surface area (Å²) < 4.78 is 6.50. The third-order valence-electron chi connectivity index (χ3n) is 3.49. The fourth-order valence-electron chi connectivity index (χ4n) is 2.61. The van der Waals surface area contributed by atoms with Crippen molar-refractivity contribution in [3.05, 3.63) is 12.7 Å². The standard InChI is InChI=1S/C16H28OSi/c1-5-7-8-9-12-16(13-10-11-14-16)17-18(3,4)15-6-2/h6H,2,5,7-8,10-11,13-15H2,1,3-4H3. The second-order valence-corrected chi connectivity index (χ2v) is 10.1. The summed E-state index contributed by atoms with van der Waals surface area (Å²) in [4.78, 5) is 0. The van der Waals surface area contributed by atoms with E-state index < -0.39 is 8.32 Å². The molecule has 0 N–H and O–H groups in total. The predicted molar refractivity (Wildman–Crippen MR) is 82.1 cm³/mol. The zero-order chi connectivity index (χ0) is 13.5. The zero-order valence-electron chi connectivity index (χ0n) is 12.3. The molecule has 0 unspecified atom stereocenters. The summed E-state index contributed by atoms with van der Waals surface area (Å²) >= 11 is 0. The lowest BCUT2D eigenvalue weighted by molar-refractivity contribution is 0.129. The smallest absolute Gasteiger partial charge is 0.192 e. The van der Waals surface area contributed by atoms with Crippen molar-refractivity contribution >= 4 is 8.32 Å². The lowest BCUT2D eigenvalue weighted by atomic mass is 10.0. The van der Waals surface area contributed by atoms with Crippen LogP contribution in [0.15, 0.2) is 12.7 Å². The summed E-state index contributed by atoms with van der Waals surface area (Å²) in [5, 5.41) is 0. The molecular formula is C16H28OSi. The average molecular weight is 264 g/mol. The van der Waals surface area contributed by atoms with Gasteiger partial charge in [-0.15, -0.1) is 12.5 Å². The number of allylic oxidation sites excluding steroid dienone is 1. The monoisotopic (exact) mass is 264 g/mol. The Hall–Kier alpha value is -0.523. The molecular weight excluding hydrogens is 236 g/mol. The number of hydrogen-bond donors (Lipinski definition) is 0. The van der Waals surface area contributed by atoms with Gasteiger partial charge >= 0.3 is 0 Å². The van der Waals surface area contributed by atoms with Gasteiger partial charge in [-0.05, 0) is 51.2 Å². The highest BCUT2D eigenvalue weighted by Crippen LogP contribution is 2.36. The van der Waals surface area contributed by atoms with E-state index >= 15 is 0 Å². The van der Waals surface area contributed by atoms with Crippen molar-refractivity contribution in [3.8, 4) is 11.8 Å². The van der Waals surface area contributed by atoms with Crippen molar-refractivity contribution in [1.82, 2.24) is 0 Å². The minimum absolute atomic E-state index is 0.119. The summed E-state index contributed by atoms with van der Waals surface area (Å²) in [6.45, 7) is 10.6. The van der Waals surface area contributed by atoms with Crippen molar-refractivity contribution in [1.29, 1.82) is 0 Å². The Labute approximate surface area is 114 Å². The highest BCUT2D eigenvalue weighted by Gasteiger charge is 2.38. The molecule has 2 heteroatoms. The third-order valence-corrected chi connectivity index (χ3v) is 5.71. The van der Waals surface area contributed by atoms with E-state index in [0.717, 1.165) is 25.3 Å². The summed E-state index contributed by atoms with van der Waals surface area (Å²) in [5.74, 6) is 6.83. The molecule has 0 aromatic rings. The molecule has 0 amide bonds. The molecule has 0 saturated heterocycles. The molecule has 1 fully saturated rings. The van der Waals surface area contributed by atoms with Crippen molar-refractivity contribution in [2.75, 3.05) is 0 Å². The Bertz CT molecular complexity index is 316. The van der Waals surface area contributed by atoms with Crippen LogP contribution in [0, 0.1) is 11.8 Å². The van der Waals surface area contributed by atoms with Crippen LogP contribution < -0.4 is 0 Å². The van der Waals surface area contributed by atoms with Crippen LogP contribution in [0.2, 0.25) is 19.1 Å². The normalized spacial score (nSPS) is 18.2. The van der Waals surface area contributed by atoms with Crippen LogP contribution in [0.1, 0.15) is 51.9 Å². The molecule has 1 aliphatic rings.